The maximum absolute atomic E-state index is 6.62. The normalized spacial score (nSPS) is 18.5. The molecular formula is C23H21BrCl3NO4. The number of rotatable bonds is 5. The molecule has 0 amide bonds. The molecule has 170 valence electrons. The Morgan fingerprint density at radius 2 is 1.97 bits per heavy atom. The zero-order valence-corrected chi connectivity index (χ0v) is 21.2. The molecule has 3 heterocycles. The third kappa shape index (κ3) is 3.79. The highest BCUT2D eigenvalue weighted by Gasteiger charge is 2.46. The molecule has 2 aromatic carbocycles. The van der Waals surface area contributed by atoms with Crippen LogP contribution in [0.25, 0.3) is 11.8 Å². The van der Waals surface area contributed by atoms with Crippen molar-refractivity contribution < 1.29 is 18.9 Å². The van der Waals surface area contributed by atoms with E-state index in [2.05, 4.69) is 33.0 Å². The highest BCUT2D eigenvalue weighted by Crippen LogP contribution is 2.56. The summed E-state index contributed by atoms with van der Waals surface area (Å²) in [6.07, 6.45) is 3.76. The molecule has 0 radical (unpaired) electrons. The van der Waals surface area contributed by atoms with Crippen molar-refractivity contribution in [3.05, 3.63) is 46.5 Å². The molecule has 2 aromatic rings. The monoisotopic (exact) mass is 559 g/mol. The van der Waals surface area contributed by atoms with Crippen molar-refractivity contribution in [3.63, 3.8) is 0 Å². The number of hydrogen-bond acceptors (Lipinski definition) is 5. The summed E-state index contributed by atoms with van der Waals surface area (Å²) in [6, 6.07) is 7.41. The minimum Gasteiger partial charge on any atom is -0.493 e. The molecule has 0 unspecified atom stereocenters. The van der Waals surface area contributed by atoms with Gasteiger partial charge < -0.3 is 23.8 Å². The quantitative estimate of drug-likeness (QED) is 0.314. The van der Waals surface area contributed by atoms with Gasteiger partial charge in [-0.3, -0.25) is 0 Å². The van der Waals surface area contributed by atoms with Crippen molar-refractivity contribution in [2.45, 2.75) is 22.7 Å². The van der Waals surface area contributed by atoms with E-state index in [9.17, 15) is 0 Å². The minimum absolute atomic E-state index is 0.232. The number of halogens is 4. The number of nitrogens with zero attached hydrogens (tertiary/aromatic N) is 1. The van der Waals surface area contributed by atoms with E-state index in [1.807, 2.05) is 18.2 Å². The van der Waals surface area contributed by atoms with Crippen molar-refractivity contribution in [2.75, 3.05) is 32.4 Å². The highest BCUT2D eigenvalue weighted by molar-refractivity contribution is 9.09. The second kappa shape index (κ2) is 8.71. The maximum atomic E-state index is 6.62. The van der Waals surface area contributed by atoms with Crippen molar-refractivity contribution in [1.82, 2.24) is 4.90 Å². The summed E-state index contributed by atoms with van der Waals surface area (Å²) in [5.41, 5.74) is 5.00. The molecular weight excluding hydrogens is 541 g/mol. The van der Waals surface area contributed by atoms with Crippen molar-refractivity contribution in [3.8, 4) is 23.0 Å². The van der Waals surface area contributed by atoms with Gasteiger partial charge in [-0.25, -0.2) is 0 Å². The Balaban J connectivity index is 1.69. The van der Waals surface area contributed by atoms with E-state index >= 15 is 0 Å². The average Bonchev–Trinajstić information content (AvgIpc) is 3.23. The SMILES string of the molecule is COc1ccc2c(c1OCCCBr)[C@@H](C(Cl)(Cl)Cl)N1CCc3cc4c(cc3C1=C2)OCO4. The lowest BCUT2D eigenvalue weighted by Crippen LogP contribution is -2.41. The van der Waals surface area contributed by atoms with Gasteiger partial charge in [0.25, 0.3) is 0 Å². The van der Waals surface area contributed by atoms with Gasteiger partial charge in [0.05, 0.1) is 13.7 Å². The lowest BCUT2D eigenvalue weighted by molar-refractivity contribution is 0.174. The Morgan fingerprint density at radius 3 is 2.69 bits per heavy atom. The summed E-state index contributed by atoms with van der Waals surface area (Å²) in [7, 11) is 1.62. The zero-order chi connectivity index (χ0) is 22.5. The molecule has 0 bridgehead atoms. The van der Waals surface area contributed by atoms with Crippen LogP contribution >= 0.6 is 50.7 Å². The van der Waals surface area contributed by atoms with Crippen LogP contribution in [0.4, 0.5) is 0 Å². The summed E-state index contributed by atoms with van der Waals surface area (Å²) in [5.74, 6) is 2.75. The van der Waals surface area contributed by atoms with Crippen molar-refractivity contribution in [1.29, 1.82) is 0 Å². The third-order valence-electron chi connectivity index (χ3n) is 5.93. The van der Waals surface area contributed by atoms with Crippen LogP contribution in [0, 0.1) is 0 Å². The topological polar surface area (TPSA) is 40.2 Å². The van der Waals surface area contributed by atoms with E-state index in [0.717, 1.165) is 52.1 Å². The molecule has 0 fully saturated rings. The molecule has 5 nitrogen and oxygen atoms in total. The summed E-state index contributed by atoms with van der Waals surface area (Å²) in [5, 5.41) is 0.835. The summed E-state index contributed by atoms with van der Waals surface area (Å²) >= 11 is 23.3. The van der Waals surface area contributed by atoms with Gasteiger partial charge in [-0.05, 0) is 48.2 Å². The molecule has 0 aliphatic carbocycles. The van der Waals surface area contributed by atoms with Gasteiger partial charge in [0.1, 0.15) is 6.04 Å². The standard InChI is InChI=1S/C23H21BrCl3NO4/c1-29-17-4-3-14-9-16-15-11-19-18(31-12-32-19)10-13(15)5-7-28(16)22(23(25,26)27)20(14)21(17)30-8-2-6-24/h3-4,9-11,22H,2,5-8,12H2,1H3/t22-/m0/s1. The first kappa shape index (κ1) is 22.3. The van der Waals surface area contributed by atoms with Crippen LogP contribution in [0.2, 0.25) is 0 Å². The summed E-state index contributed by atoms with van der Waals surface area (Å²) < 4.78 is 21.4. The van der Waals surface area contributed by atoms with Crippen LogP contribution in [0.5, 0.6) is 23.0 Å². The molecule has 0 N–H and O–H groups in total. The van der Waals surface area contributed by atoms with E-state index in [-0.39, 0.29) is 6.79 Å². The van der Waals surface area contributed by atoms with Crippen LogP contribution in [0.3, 0.4) is 0 Å². The molecule has 0 saturated carbocycles. The van der Waals surface area contributed by atoms with E-state index in [0.29, 0.717) is 24.7 Å². The largest absolute Gasteiger partial charge is 0.493 e. The number of fused-ring (bicyclic) bond motifs is 5. The Kier molecular flexibility index (Phi) is 6.08. The number of methoxy groups -OCH3 is 1. The molecule has 5 rings (SSSR count). The zero-order valence-electron chi connectivity index (χ0n) is 17.3. The minimum atomic E-state index is -1.60. The first-order valence-electron chi connectivity index (χ1n) is 10.3. The fourth-order valence-corrected chi connectivity index (χ4v) is 5.47. The molecule has 32 heavy (non-hydrogen) atoms. The summed E-state index contributed by atoms with van der Waals surface area (Å²) in [6.45, 7) is 1.44. The second-order valence-electron chi connectivity index (χ2n) is 7.77. The Hall–Kier alpha value is -1.47. The Bertz CT molecular complexity index is 1090. The van der Waals surface area contributed by atoms with Crippen LogP contribution in [-0.4, -0.2) is 41.1 Å². The number of alkyl halides is 4. The van der Waals surface area contributed by atoms with Crippen molar-refractivity contribution >= 4 is 62.5 Å². The van der Waals surface area contributed by atoms with E-state index in [1.165, 1.54) is 5.56 Å². The van der Waals surface area contributed by atoms with Gasteiger partial charge in [0.2, 0.25) is 10.6 Å². The fraction of sp³-hybridized carbons (Fsp3) is 0.391. The average molecular weight is 562 g/mol. The first-order chi connectivity index (χ1) is 15.4. The lowest BCUT2D eigenvalue weighted by atomic mass is 9.86. The van der Waals surface area contributed by atoms with Crippen LogP contribution in [0.1, 0.15) is 34.7 Å². The van der Waals surface area contributed by atoms with Gasteiger partial charge in [0.15, 0.2) is 23.0 Å². The van der Waals surface area contributed by atoms with Gasteiger partial charge >= 0.3 is 0 Å². The predicted octanol–water partition coefficient (Wildman–Crippen LogP) is 6.37. The Morgan fingerprint density at radius 1 is 1.19 bits per heavy atom. The second-order valence-corrected chi connectivity index (χ2v) is 10.9. The molecule has 9 heteroatoms. The van der Waals surface area contributed by atoms with E-state index < -0.39 is 9.83 Å². The van der Waals surface area contributed by atoms with Gasteiger partial charge in [-0.1, -0.05) is 56.8 Å². The van der Waals surface area contributed by atoms with Crippen LogP contribution in [-0.2, 0) is 6.42 Å². The number of hydrogen-bond donors (Lipinski definition) is 0. The lowest BCUT2D eigenvalue weighted by Gasteiger charge is -2.45. The highest BCUT2D eigenvalue weighted by atomic mass is 79.9. The molecule has 0 aromatic heterocycles. The number of ether oxygens (including phenoxy) is 4. The van der Waals surface area contributed by atoms with E-state index in [4.69, 9.17) is 53.8 Å². The predicted molar refractivity (Wildman–Crippen MR) is 131 cm³/mol. The van der Waals surface area contributed by atoms with Gasteiger partial charge in [-0.15, -0.1) is 0 Å². The summed E-state index contributed by atoms with van der Waals surface area (Å²) in [4.78, 5) is 2.15. The molecule has 1 atom stereocenters. The molecule has 3 aliphatic rings. The third-order valence-corrected chi connectivity index (χ3v) is 7.11. The molecule has 0 saturated heterocycles. The van der Waals surface area contributed by atoms with Crippen LogP contribution < -0.4 is 18.9 Å². The van der Waals surface area contributed by atoms with Crippen molar-refractivity contribution in [2.24, 2.45) is 0 Å². The molecule has 3 aliphatic heterocycles. The van der Waals surface area contributed by atoms with Gasteiger partial charge in [-0.2, -0.15) is 0 Å². The molecule has 0 spiro atoms. The fourth-order valence-electron chi connectivity index (χ4n) is 4.56. The smallest absolute Gasteiger partial charge is 0.231 e. The van der Waals surface area contributed by atoms with Crippen LogP contribution in [0.15, 0.2) is 24.3 Å². The van der Waals surface area contributed by atoms with Gasteiger partial charge in [0, 0.05) is 28.7 Å². The Labute approximate surface area is 210 Å². The first-order valence-corrected chi connectivity index (χ1v) is 12.6. The van der Waals surface area contributed by atoms with E-state index in [1.54, 1.807) is 7.11 Å². The number of benzene rings is 2. The maximum Gasteiger partial charge on any atom is 0.231 e.